The van der Waals surface area contributed by atoms with Crippen LogP contribution in [0.4, 0.5) is 0 Å². The number of thiophene rings is 1. The Kier molecular flexibility index (Phi) is 4.24. The van der Waals surface area contributed by atoms with Crippen LogP contribution < -0.4 is 0 Å². The zero-order valence-corrected chi connectivity index (χ0v) is 21.8. The first-order valence-corrected chi connectivity index (χ1v) is 14.1. The second kappa shape index (κ2) is 7.83. The fourth-order valence-corrected chi connectivity index (χ4v) is 7.60. The van der Waals surface area contributed by atoms with Gasteiger partial charge in [0.25, 0.3) is 0 Å². The summed E-state index contributed by atoms with van der Waals surface area (Å²) in [5.74, 6) is 0. The fourth-order valence-electron chi connectivity index (χ4n) is 6.49. The molecule has 39 heavy (non-hydrogen) atoms. The zero-order valence-electron chi connectivity index (χ0n) is 21.0. The van der Waals surface area contributed by atoms with Gasteiger partial charge in [-0.05, 0) is 54.6 Å². The van der Waals surface area contributed by atoms with Gasteiger partial charge in [0, 0.05) is 53.1 Å². The highest BCUT2D eigenvalue weighted by atomic mass is 32.1. The number of benzene rings is 6. The minimum atomic E-state index is 1.18. The molecule has 0 aliphatic heterocycles. The lowest BCUT2D eigenvalue weighted by molar-refractivity contribution is 1.17. The van der Waals surface area contributed by atoms with Crippen LogP contribution in [0.2, 0.25) is 0 Å². The van der Waals surface area contributed by atoms with Crippen LogP contribution in [-0.4, -0.2) is 9.13 Å². The van der Waals surface area contributed by atoms with Crippen LogP contribution in [-0.2, 0) is 0 Å². The predicted molar refractivity (Wildman–Crippen MR) is 168 cm³/mol. The summed E-state index contributed by atoms with van der Waals surface area (Å²) in [6, 6.07) is 48.6. The molecule has 0 radical (unpaired) electrons. The van der Waals surface area contributed by atoms with Crippen LogP contribution in [0.25, 0.3) is 75.2 Å². The third kappa shape index (κ3) is 2.85. The van der Waals surface area contributed by atoms with Crippen LogP contribution in [0.15, 0.2) is 133 Å². The number of aromatic nitrogens is 2. The van der Waals surface area contributed by atoms with E-state index in [2.05, 4.69) is 143 Å². The van der Waals surface area contributed by atoms with Gasteiger partial charge in [-0.15, -0.1) is 11.3 Å². The Morgan fingerprint density at radius 2 is 1.03 bits per heavy atom. The van der Waals surface area contributed by atoms with Crippen molar-refractivity contribution in [3.8, 4) is 11.4 Å². The second-order valence-electron chi connectivity index (χ2n) is 10.2. The predicted octanol–water partition coefficient (Wildman–Crippen LogP) is 10.2. The molecule has 0 saturated heterocycles. The molecule has 0 bridgehead atoms. The largest absolute Gasteiger partial charge is 0.309 e. The van der Waals surface area contributed by atoms with Crippen LogP contribution in [0, 0.1) is 0 Å². The molecular weight excluding hydrogens is 492 g/mol. The molecule has 0 spiro atoms. The van der Waals surface area contributed by atoms with Crippen molar-refractivity contribution in [1.29, 1.82) is 0 Å². The average Bonchev–Trinajstić information content (AvgIpc) is 3.65. The fraction of sp³-hybridized carbons (Fsp3) is 0. The van der Waals surface area contributed by atoms with E-state index in [4.69, 9.17) is 0 Å². The van der Waals surface area contributed by atoms with E-state index in [1.54, 1.807) is 0 Å². The Bertz CT molecular complexity index is 2390. The van der Waals surface area contributed by atoms with E-state index in [0.717, 1.165) is 0 Å². The Hall–Kier alpha value is -4.86. The van der Waals surface area contributed by atoms with Crippen molar-refractivity contribution in [3.05, 3.63) is 133 Å². The van der Waals surface area contributed by atoms with E-state index in [-0.39, 0.29) is 0 Å². The van der Waals surface area contributed by atoms with Crippen molar-refractivity contribution in [3.63, 3.8) is 0 Å². The number of rotatable bonds is 2. The summed E-state index contributed by atoms with van der Waals surface area (Å²) in [7, 11) is 0. The maximum Gasteiger partial charge on any atom is 0.0634 e. The number of hydrogen-bond donors (Lipinski definition) is 0. The summed E-state index contributed by atoms with van der Waals surface area (Å²) >= 11 is 1.88. The minimum absolute atomic E-state index is 1.18. The van der Waals surface area contributed by atoms with Crippen molar-refractivity contribution in [2.24, 2.45) is 0 Å². The summed E-state index contributed by atoms with van der Waals surface area (Å²) < 4.78 is 7.53. The van der Waals surface area contributed by atoms with Crippen LogP contribution in [0.3, 0.4) is 0 Å². The van der Waals surface area contributed by atoms with E-state index in [1.165, 1.54) is 75.2 Å². The molecule has 0 aliphatic carbocycles. The molecule has 9 rings (SSSR count). The molecule has 0 atom stereocenters. The summed E-state index contributed by atoms with van der Waals surface area (Å²) in [4.78, 5) is 0. The minimum Gasteiger partial charge on any atom is -0.309 e. The molecule has 9 aromatic rings. The molecule has 0 N–H and O–H groups in total. The lowest BCUT2D eigenvalue weighted by atomic mass is 10.1. The van der Waals surface area contributed by atoms with E-state index >= 15 is 0 Å². The first-order valence-electron chi connectivity index (χ1n) is 13.3. The van der Waals surface area contributed by atoms with Gasteiger partial charge in [0.05, 0.1) is 22.1 Å². The van der Waals surface area contributed by atoms with Gasteiger partial charge in [0.2, 0.25) is 0 Å². The highest BCUT2D eigenvalue weighted by molar-refractivity contribution is 7.26. The Morgan fingerprint density at radius 1 is 0.385 bits per heavy atom. The van der Waals surface area contributed by atoms with Crippen molar-refractivity contribution >= 4 is 75.1 Å². The van der Waals surface area contributed by atoms with Crippen LogP contribution in [0.1, 0.15) is 0 Å². The molecule has 0 saturated carbocycles. The third-order valence-electron chi connectivity index (χ3n) is 8.10. The lowest BCUT2D eigenvalue weighted by Gasteiger charge is -2.11. The van der Waals surface area contributed by atoms with Gasteiger partial charge in [-0.1, -0.05) is 78.9 Å². The second-order valence-corrected chi connectivity index (χ2v) is 11.3. The van der Waals surface area contributed by atoms with Crippen molar-refractivity contribution in [2.45, 2.75) is 0 Å². The molecule has 2 nitrogen and oxygen atoms in total. The van der Waals surface area contributed by atoms with Gasteiger partial charge in [0.1, 0.15) is 0 Å². The van der Waals surface area contributed by atoms with Crippen molar-refractivity contribution < 1.29 is 0 Å². The SMILES string of the molecule is c1ccc(-n2c3ccccc3c3cc(-n4c5ccccc5c5ccc6sc7ccccc7c6c54)ccc32)cc1. The smallest absolute Gasteiger partial charge is 0.0634 e. The number of hydrogen-bond acceptors (Lipinski definition) is 1. The zero-order chi connectivity index (χ0) is 25.5. The number of nitrogens with zero attached hydrogens (tertiary/aromatic N) is 2. The number of fused-ring (bicyclic) bond motifs is 10. The molecular formula is C36H22N2S. The summed E-state index contributed by atoms with van der Waals surface area (Å²) in [5.41, 5.74) is 7.34. The molecule has 3 heterocycles. The van der Waals surface area contributed by atoms with Gasteiger partial charge < -0.3 is 9.13 Å². The highest BCUT2D eigenvalue weighted by Crippen LogP contribution is 2.43. The molecule has 3 heteroatoms. The lowest BCUT2D eigenvalue weighted by Crippen LogP contribution is -1.96. The van der Waals surface area contributed by atoms with Crippen LogP contribution >= 0.6 is 11.3 Å². The molecule has 3 aromatic heterocycles. The van der Waals surface area contributed by atoms with Crippen LogP contribution in [0.5, 0.6) is 0 Å². The Morgan fingerprint density at radius 3 is 1.85 bits per heavy atom. The van der Waals surface area contributed by atoms with Gasteiger partial charge in [0.15, 0.2) is 0 Å². The third-order valence-corrected chi connectivity index (χ3v) is 9.24. The van der Waals surface area contributed by atoms with Crippen molar-refractivity contribution in [2.75, 3.05) is 0 Å². The first kappa shape index (κ1) is 21.1. The highest BCUT2D eigenvalue weighted by Gasteiger charge is 2.19. The molecule has 0 unspecified atom stereocenters. The summed E-state index contributed by atoms with van der Waals surface area (Å²) in [6.45, 7) is 0. The van der Waals surface area contributed by atoms with Gasteiger partial charge >= 0.3 is 0 Å². The summed E-state index contributed by atoms with van der Waals surface area (Å²) in [6.07, 6.45) is 0. The topological polar surface area (TPSA) is 9.86 Å². The Balaban J connectivity index is 1.44. The molecule has 182 valence electrons. The standard InChI is InChI=1S/C36H22N2S/c1-2-10-23(11-3-1)37-30-15-7-5-13-26(30)29-22-24(18-20-32(29)37)38-31-16-8-4-12-25(31)27-19-21-34-35(36(27)38)28-14-6-9-17-33(28)39-34/h1-22H. The number of para-hydroxylation sites is 3. The maximum absolute atomic E-state index is 2.49. The van der Waals surface area contributed by atoms with E-state index in [1.807, 2.05) is 11.3 Å². The Labute approximate surface area is 228 Å². The quantitative estimate of drug-likeness (QED) is 0.217. The monoisotopic (exact) mass is 514 g/mol. The molecule has 0 fully saturated rings. The van der Waals surface area contributed by atoms with Gasteiger partial charge in [-0.3, -0.25) is 0 Å². The van der Waals surface area contributed by atoms with E-state index in [9.17, 15) is 0 Å². The maximum atomic E-state index is 2.49. The average molecular weight is 515 g/mol. The van der Waals surface area contributed by atoms with Crippen molar-refractivity contribution in [1.82, 2.24) is 9.13 Å². The first-order chi connectivity index (χ1) is 19.4. The molecule has 0 amide bonds. The van der Waals surface area contributed by atoms with Gasteiger partial charge in [-0.2, -0.15) is 0 Å². The molecule has 0 aliphatic rings. The normalized spacial score (nSPS) is 12.1. The summed E-state index contributed by atoms with van der Waals surface area (Å²) in [5, 5.41) is 7.79. The molecule has 6 aromatic carbocycles. The van der Waals surface area contributed by atoms with E-state index < -0.39 is 0 Å². The van der Waals surface area contributed by atoms with E-state index in [0.29, 0.717) is 0 Å². The van der Waals surface area contributed by atoms with Gasteiger partial charge in [-0.25, -0.2) is 0 Å².